The van der Waals surface area contributed by atoms with E-state index in [1.807, 2.05) is 60.8 Å². The minimum Gasteiger partial charge on any atom is -0.497 e. The molecule has 0 saturated heterocycles. The summed E-state index contributed by atoms with van der Waals surface area (Å²) in [5.74, 6) is 1.57. The van der Waals surface area contributed by atoms with Crippen molar-refractivity contribution >= 4 is 33.7 Å². The van der Waals surface area contributed by atoms with E-state index in [9.17, 15) is 0 Å². The van der Waals surface area contributed by atoms with Crippen LogP contribution in [-0.4, -0.2) is 18.3 Å². The van der Waals surface area contributed by atoms with Crippen molar-refractivity contribution in [2.45, 2.75) is 0 Å². The molecule has 4 aromatic rings. The van der Waals surface area contributed by atoms with Crippen molar-refractivity contribution in [2.75, 3.05) is 7.11 Å². The molecule has 0 amide bonds. The lowest BCUT2D eigenvalue weighted by Gasteiger charge is -2.06. The van der Waals surface area contributed by atoms with Crippen LogP contribution in [0, 0.1) is 0 Å². The maximum atomic E-state index is 5.18. The Morgan fingerprint density at radius 1 is 0.792 bits per heavy atom. The highest BCUT2D eigenvalue weighted by Crippen LogP contribution is 2.30. The Kier molecular flexibility index (Phi) is 3.67. The molecule has 0 saturated carbocycles. The quantitative estimate of drug-likeness (QED) is 0.387. The van der Waals surface area contributed by atoms with Gasteiger partial charge in [-0.1, -0.05) is 42.5 Å². The van der Waals surface area contributed by atoms with E-state index < -0.39 is 0 Å². The van der Waals surface area contributed by atoms with E-state index in [2.05, 4.69) is 23.2 Å². The van der Waals surface area contributed by atoms with Gasteiger partial charge < -0.3 is 4.74 Å². The minimum absolute atomic E-state index is 0.736. The third-order valence-corrected chi connectivity index (χ3v) is 4.04. The molecule has 3 nitrogen and oxygen atoms in total. The van der Waals surface area contributed by atoms with Gasteiger partial charge in [-0.25, -0.2) is 9.98 Å². The fourth-order valence-corrected chi connectivity index (χ4v) is 2.81. The molecule has 4 rings (SSSR count). The summed E-state index contributed by atoms with van der Waals surface area (Å²) < 4.78 is 5.18. The van der Waals surface area contributed by atoms with Crippen molar-refractivity contribution in [1.29, 1.82) is 0 Å². The second-order valence-electron chi connectivity index (χ2n) is 5.53. The Morgan fingerprint density at radius 2 is 1.46 bits per heavy atom. The van der Waals surface area contributed by atoms with E-state index in [0.717, 1.165) is 33.4 Å². The second kappa shape index (κ2) is 6.13. The zero-order valence-corrected chi connectivity index (χ0v) is 13.3. The average molecular weight is 312 g/mol. The molecule has 1 aromatic heterocycles. The molecule has 0 aliphatic carbocycles. The van der Waals surface area contributed by atoms with Gasteiger partial charge in [0.1, 0.15) is 5.75 Å². The molecule has 0 fully saturated rings. The van der Waals surface area contributed by atoms with Crippen molar-refractivity contribution in [3.8, 4) is 5.75 Å². The maximum Gasteiger partial charge on any atom is 0.160 e. The fraction of sp³-hybridized carbons (Fsp3) is 0.0476. The van der Waals surface area contributed by atoms with Crippen molar-refractivity contribution in [1.82, 2.24) is 4.98 Å². The van der Waals surface area contributed by atoms with Gasteiger partial charge >= 0.3 is 0 Å². The standard InChI is InChI=1S/C21H16N2O/c1-24-16-12-10-15(11-13-16)14-22-21-19-8-3-2-6-17(19)18-7-4-5-9-20(18)23-21/h2-14H,1H3. The average Bonchev–Trinajstić information content (AvgIpc) is 2.66. The van der Waals surface area contributed by atoms with Crippen molar-refractivity contribution in [3.05, 3.63) is 78.4 Å². The van der Waals surface area contributed by atoms with Crippen LogP contribution in [-0.2, 0) is 0 Å². The van der Waals surface area contributed by atoms with E-state index in [4.69, 9.17) is 9.72 Å². The summed E-state index contributed by atoms with van der Waals surface area (Å²) in [6.07, 6.45) is 1.84. The van der Waals surface area contributed by atoms with E-state index in [-0.39, 0.29) is 0 Å². The monoisotopic (exact) mass is 312 g/mol. The third-order valence-electron chi connectivity index (χ3n) is 4.04. The lowest BCUT2D eigenvalue weighted by molar-refractivity contribution is 0.415. The number of rotatable bonds is 3. The van der Waals surface area contributed by atoms with Crippen molar-refractivity contribution < 1.29 is 4.74 Å². The molecule has 24 heavy (non-hydrogen) atoms. The van der Waals surface area contributed by atoms with Gasteiger partial charge in [-0.2, -0.15) is 0 Å². The first-order chi connectivity index (χ1) is 11.8. The number of benzene rings is 3. The summed E-state index contributed by atoms with van der Waals surface area (Å²) in [5.41, 5.74) is 1.97. The zero-order chi connectivity index (χ0) is 16.4. The maximum absolute atomic E-state index is 5.18. The Hall–Kier alpha value is -3.20. The molecule has 0 spiro atoms. The SMILES string of the molecule is COc1ccc(C=Nc2nc3ccccc3c3ccccc23)cc1. The number of fused-ring (bicyclic) bond motifs is 3. The molecule has 0 bridgehead atoms. The first kappa shape index (κ1) is 14.4. The number of aromatic nitrogens is 1. The van der Waals surface area contributed by atoms with Crippen LogP contribution in [0.15, 0.2) is 77.8 Å². The van der Waals surface area contributed by atoms with E-state index >= 15 is 0 Å². The van der Waals surface area contributed by atoms with Gasteiger partial charge in [0.2, 0.25) is 0 Å². The third kappa shape index (κ3) is 2.61. The predicted molar refractivity (Wildman–Crippen MR) is 99.5 cm³/mol. The molecule has 0 radical (unpaired) electrons. The lowest BCUT2D eigenvalue weighted by atomic mass is 10.1. The summed E-state index contributed by atoms with van der Waals surface area (Å²) >= 11 is 0. The van der Waals surface area contributed by atoms with Crippen LogP contribution in [0.1, 0.15) is 5.56 Å². The Balaban J connectivity index is 1.83. The zero-order valence-electron chi connectivity index (χ0n) is 13.3. The summed E-state index contributed by atoms with van der Waals surface area (Å²) in [6.45, 7) is 0. The number of nitrogens with zero attached hydrogens (tertiary/aromatic N) is 2. The lowest BCUT2D eigenvalue weighted by Crippen LogP contribution is -1.86. The highest BCUT2D eigenvalue weighted by Gasteiger charge is 2.06. The predicted octanol–water partition coefficient (Wildman–Crippen LogP) is 5.15. The summed E-state index contributed by atoms with van der Waals surface area (Å²) in [4.78, 5) is 9.36. The minimum atomic E-state index is 0.736. The smallest absolute Gasteiger partial charge is 0.160 e. The van der Waals surface area contributed by atoms with Crippen LogP contribution >= 0.6 is 0 Å². The van der Waals surface area contributed by atoms with Crippen LogP contribution in [0.2, 0.25) is 0 Å². The van der Waals surface area contributed by atoms with Crippen LogP contribution < -0.4 is 4.74 Å². The summed E-state index contributed by atoms with van der Waals surface area (Å²) in [6, 6.07) is 24.2. The molecule has 0 unspecified atom stereocenters. The van der Waals surface area contributed by atoms with Gasteiger partial charge in [0.05, 0.1) is 12.6 Å². The second-order valence-corrected chi connectivity index (χ2v) is 5.53. The highest BCUT2D eigenvalue weighted by molar-refractivity contribution is 6.10. The number of pyridine rings is 1. The van der Waals surface area contributed by atoms with Gasteiger partial charge in [0.15, 0.2) is 5.82 Å². The normalized spacial score (nSPS) is 11.4. The van der Waals surface area contributed by atoms with Crippen LogP contribution in [0.3, 0.4) is 0 Å². The fourth-order valence-electron chi connectivity index (χ4n) is 2.81. The number of aliphatic imine (C=N–C) groups is 1. The van der Waals surface area contributed by atoms with Crippen LogP contribution in [0.5, 0.6) is 5.75 Å². The van der Waals surface area contributed by atoms with Crippen molar-refractivity contribution in [3.63, 3.8) is 0 Å². The number of hydrogen-bond donors (Lipinski definition) is 0. The summed E-state index contributed by atoms with van der Waals surface area (Å²) in [5, 5.41) is 3.38. The number of hydrogen-bond acceptors (Lipinski definition) is 3. The van der Waals surface area contributed by atoms with Crippen LogP contribution in [0.25, 0.3) is 21.7 Å². The topological polar surface area (TPSA) is 34.5 Å². The number of para-hydroxylation sites is 1. The Morgan fingerprint density at radius 3 is 2.21 bits per heavy atom. The molecule has 1 heterocycles. The number of methoxy groups -OCH3 is 1. The van der Waals surface area contributed by atoms with Gasteiger partial charge in [0.25, 0.3) is 0 Å². The van der Waals surface area contributed by atoms with E-state index in [1.54, 1.807) is 7.11 Å². The largest absolute Gasteiger partial charge is 0.497 e. The Labute approximate surface area is 140 Å². The molecule has 0 atom stereocenters. The Bertz CT molecular complexity index is 1040. The molecule has 116 valence electrons. The first-order valence-corrected chi connectivity index (χ1v) is 7.81. The molecule has 0 N–H and O–H groups in total. The van der Waals surface area contributed by atoms with Gasteiger partial charge in [0, 0.05) is 17.0 Å². The molecule has 0 aliphatic heterocycles. The van der Waals surface area contributed by atoms with Crippen molar-refractivity contribution in [2.24, 2.45) is 4.99 Å². The number of ether oxygens (including phenoxy) is 1. The molecule has 3 aromatic carbocycles. The summed E-state index contributed by atoms with van der Waals surface area (Å²) in [7, 11) is 1.66. The van der Waals surface area contributed by atoms with Gasteiger partial charge in [-0.15, -0.1) is 0 Å². The first-order valence-electron chi connectivity index (χ1n) is 7.81. The molecular weight excluding hydrogens is 296 g/mol. The van der Waals surface area contributed by atoms with Gasteiger partial charge in [-0.3, -0.25) is 0 Å². The van der Waals surface area contributed by atoms with Gasteiger partial charge in [-0.05, 0) is 41.3 Å². The van der Waals surface area contributed by atoms with E-state index in [1.165, 1.54) is 5.39 Å². The molecular formula is C21H16N2O. The highest BCUT2D eigenvalue weighted by atomic mass is 16.5. The molecule has 0 aliphatic rings. The molecule has 3 heteroatoms. The van der Waals surface area contributed by atoms with E-state index in [0.29, 0.717) is 0 Å². The van der Waals surface area contributed by atoms with Crippen LogP contribution in [0.4, 0.5) is 5.82 Å².